The summed E-state index contributed by atoms with van der Waals surface area (Å²) in [7, 11) is 2.02. The van der Waals surface area contributed by atoms with Crippen LogP contribution in [0.2, 0.25) is 0 Å². The molecule has 0 saturated heterocycles. The topological polar surface area (TPSA) is 46.5 Å². The second-order valence-electron chi connectivity index (χ2n) is 6.05. The molecule has 0 aliphatic heterocycles. The van der Waals surface area contributed by atoms with Gasteiger partial charge in [-0.1, -0.05) is 30.3 Å². The van der Waals surface area contributed by atoms with Crippen LogP contribution in [-0.2, 0) is 13.6 Å². The van der Waals surface area contributed by atoms with Gasteiger partial charge in [-0.25, -0.2) is 4.98 Å². The number of nitrogens with zero attached hydrogens (tertiary/aromatic N) is 4. The maximum absolute atomic E-state index is 9.79. The molecule has 0 amide bonds. The minimum absolute atomic E-state index is 0.578. The summed E-state index contributed by atoms with van der Waals surface area (Å²) in [6.45, 7) is 2.84. The Bertz CT molecular complexity index is 1150. The number of allylic oxidation sites excluding steroid dienone is 1. The number of rotatable bonds is 3. The van der Waals surface area contributed by atoms with Crippen molar-refractivity contribution in [3.63, 3.8) is 0 Å². The van der Waals surface area contributed by atoms with Crippen LogP contribution in [-0.4, -0.2) is 14.1 Å². The average molecular weight is 326 g/mol. The van der Waals surface area contributed by atoms with E-state index in [0.717, 1.165) is 39.9 Å². The smallest absolute Gasteiger partial charge is 0.151 e. The summed E-state index contributed by atoms with van der Waals surface area (Å²) in [5, 5.41) is 10.9. The van der Waals surface area contributed by atoms with Gasteiger partial charge in [0.2, 0.25) is 0 Å². The van der Waals surface area contributed by atoms with Gasteiger partial charge in [0.1, 0.15) is 6.07 Å². The minimum Gasteiger partial charge on any atom is -0.350 e. The summed E-state index contributed by atoms with van der Waals surface area (Å²) in [6, 6.07) is 18.6. The second kappa shape index (κ2) is 5.95. The molecule has 0 aliphatic carbocycles. The molecule has 0 saturated carbocycles. The van der Waals surface area contributed by atoms with Gasteiger partial charge in [0.25, 0.3) is 0 Å². The molecular weight excluding hydrogens is 308 g/mol. The zero-order valence-corrected chi connectivity index (χ0v) is 14.3. The first kappa shape index (κ1) is 15.2. The molecule has 0 fully saturated rings. The van der Waals surface area contributed by atoms with Gasteiger partial charge < -0.3 is 9.13 Å². The lowest BCUT2D eigenvalue weighted by atomic mass is 10.1. The van der Waals surface area contributed by atoms with E-state index >= 15 is 0 Å². The van der Waals surface area contributed by atoms with E-state index in [1.54, 1.807) is 0 Å². The molecule has 2 heterocycles. The summed E-state index contributed by atoms with van der Waals surface area (Å²) < 4.78 is 4.18. The maximum Gasteiger partial charge on any atom is 0.151 e. The Balaban J connectivity index is 1.94. The number of hydrogen-bond acceptors (Lipinski definition) is 2. The average Bonchev–Trinajstić information content (AvgIpc) is 3.17. The van der Waals surface area contributed by atoms with Crippen LogP contribution < -0.4 is 0 Å². The predicted octanol–water partition coefficient (Wildman–Crippen LogP) is 4.61. The zero-order chi connectivity index (χ0) is 17.4. The molecule has 0 atom stereocenters. The second-order valence-corrected chi connectivity index (χ2v) is 6.05. The van der Waals surface area contributed by atoms with Crippen LogP contribution in [0, 0.1) is 11.3 Å². The molecule has 2 aromatic carbocycles. The normalized spacial score (nSPS) is 12.0. The number of imidazole rings is 1. The van der Waals surface area contributed by atoms with Gasteiger partial charge in [-0.15, -0.1) is 0 Å². The van der Waals surface area contributed by atoms with E-state index in [9.17, 15) is 5.26 Å². The Hall–Kier alpha value is -3.32. The Morgan fingerprint density at radius 3 is 2.60 bits per heavy atom. The van der Waals surface area contributed by atoms with Gasteiger partial charge >= 0.3 is 0 Å². The van der Waals surface area contributed by atoms with E-state index < -0.39 is 0 Å². The van der Waals surface area contributed by atoms with Crippen LogP contribution >= 0.6 is 0 Å². The molecule has 0 aliphatic rings. The Labute approximate surface area is 146 Å². The molecule has 4 rings (SSSR count). The number of aromatic nitrogens is 3. The van der Waals surface area contributed by atoms with Gasteiger partial charge in [-0.05, 0) is 31.2 Å². The maximum atomic E-state index is 9.79. The van der Waals surface area contributed by atoms with E-state index in [0.29, 0.717) is 5.57 Å². The van der Waals surface area contributed by atoms with Crippen molar-refractivity contribution in [2.45, 2.75) is 13.5 Å². The fraction of sp³-hybridized carbons (Fsp3) is 0.143. The molecule has 0 N–H and O–H groups in total. The Kier molecular flexibility index (Phi) is 3.62. The van der Waals surface area contributed by atoms with Crippen LogP contribution in [0.15, 0.2) is 54.7 Å². The Morgan fingerprint density at radius 2 is 1.84 bits per heavy atom. The molecule has 122 valence electrons. The van der Waals surface area contributed by atoms with Crippen molar-refractivity contribution in [1.29, 1.82) is 5.26 Å². The number of hydrogen-bond donors (Lipinski definition) is 0. The zero-order valence-electron chi connectivity index (χ0n) is 14.3. The van der Waals surface area contributed by atoms with E-state index in [-0.39, 0.29) is 0 Å². The van der Waals surface area contributed by atoms with Crippen LogP contribution in [0.1, 0.15) is 18.3 Å². The largest absolute Gasteiger partial charge is 0.350 e. The molecule has 4 heteroatoms. The quantitative estimate of drug-likeness (QED) is 0.516. The third-order valence-corrected chi connectivity index (χ3v) is 4.56. The van der Waals surface area contributed by atoms with Crippen molar-refractivity contribution < 1.29 is 0 Å². The monoisotopic (exact) mass is 326 g/mol. The van der Waals surface area contributed by atoms with Crippen LogP contribution in [0.25, 0.3) is 33.6 Å². The van der Waals surface area contributed by atoms with Crippen molar-refractivity contribution in [2.24, 2.45) is 7.05 Å². The van der Waals surface area contributed by atoms with Gasteiger partial charge in [0.15, 0.2) is 5.82 Å². The van der Waals surface area contributed by atoms with E-state index in [4.69, 9.17) is 4.98 Å². The molecule has 4 nitrogen and oxygen atoms in total. The number of benzene rings is 2. The molecular formula is C21H18N4. The van der Waals surface area contributed by atoms with Gasteiger partial charge in [0.05, 0.1) is 16.6 Å². The first-order chi connectivity index (χ1) is 12.2. The van der Waals surface area contributed by atoms with Crippen molar-refractivity contribution in [2.75, 3.05) is 0 Å². The van der Waals surface area contributed by atoms with Crippen LogP contribution in [0.4, 0.5) is 0 Å². The van der Waals surface area contributed by atoms with Crippen molar-refractivity contribution in [1.82, 2.24) is 14.1 Å². The fourth-order valence-electron chi connectivity index (χ4n) is 3.39. The fourth-order valence-corrected chi connectivity index (χ4v) is 3.39. The summed E-state index contributed by atoms with van der Waals surface area (Å²) in [5.74, 6) is 0.721. The van der Waals surface area contributed by atoms with Gasteiger partial charge in [-0.3, -0.25) is 0 Å². The highest BCUT2D eigenvalue weighted by Crippen LogP contribution is 2.27. The number of aryl methyl sites for hydroxylation is 2. The van der Waals surface area contributed by atoms with Crippen molar-refractivity contribution in [3.05, 3.63) is 66.1 Å². The molecule has 0 bridgehead atoms. The molecule has 0 spiro atoms. The van der Waals surface area contributed by atoms with Gasteiger partial charge in [-0.2, -0.15) is 5.26 Å². The summed E-state index contributed by atoms with van der Waals surface area (Å²) in [6.07, 6.45) is 4.00. The summed E-state index contributed by atoms with van der Waals surface area (Å²) in [5.41, 5.74) is 4.73. The van der Waals surface area contributed by atoms with Crippen LogP contribution in [0.5, 0.6) is 0 Å². The minimum atomic E-state index is 0.578. The third-order valence-electron chi connectivity index (χ3n) is 4.56. The molecule has 4 aromatic rings. The van der Waals surface area contributed by atoms with Crippen molar-refractivity contribution >= 4 is 33.6 Å². The first-order valence-corrected chi connectivity index (χ1v) is 8.34. The van der Waals surface area contributed by atoms with Gasteiger partial charge in [0, 0.05) is 36.3 Å². The van der Waals surface area contributed by atoms with Crippen molar-refractivity contribution in [3.8, 4) is 6.07 Å². The van der Waals surface area contributed by atoms with E-state index in [1.165, 1.54) is 0 Å². The lowest BCUT2D eigenvalue weighted by molar-refractivity contribution is 0.775. The number of para-hydroxylation sites is 3. The SMILES string of the molecule is CCn1c(/C(C#N)=C\c2cn(C)c3ccccc23)nc2ccccc21. The highest BCUT2D eigenvalue weighted by Gasteiger charge is 2.14. The molecule has 25 heavy (non-hydrogen) atoms. The summed E-state index contributed by atoms with van der Waals surface area (Å²) >= 11 is 0. The Morgan fingerprint density at radius 1 is 1.12 bits per heavy atom. The van der Waals surface area contributed by atoms with Crippen LogP contribution in [0.3, 0.4) is 0 Å². The molecule has 0 unspecified atom stereocenters. The van der Waals surface area contributed by atoms with E-state index in [2.05, 4.69) is 40.5 Å². The number of nitriles is 1. The highest BCUT2D eigenvalue weighted by atomic mass is 15.1. The summed E-state index contributed by atoms with van der Waals surface area (Å²) in [4.78, 5) is 4.70. The third kappa shape index (κ3) is 2.41. The molecule has 0 radical (unpaired) electrons. The lowest BCUT2D eigenvalue weighted by Gasteiger charge is -2.04. The standard InChI is InChI=1S/C21H18N4/c1-3-25-20-11-7-5-9-18(20)23-21(25)15(13-22)12-16-14-24(2)19-10-6-4-8-17(16)19/h4-12,14H,3H2,1-2H3/b15-12-. The predicted molar refractivity (Wildman–Crippen MR) is 102 cm³/mol. The van der Waals surface area contributed by atoms with E-state index in [1.807, 2.05) is 49.5 Å². The first-order valence-electron chi connectivity index (χ1n) is 8.34. The lowest BCUT2D eigenvalue weighted by Crippen LogP contribution is -2.00. The highest BCUT2D eigenvalue weighted by molar-refractivity contribution is 5.98. The molecule has 2 aromatic heterocycles. The number of fused-ring (bicyclic) bond motifs is 2.